The van der Waals surface area contributed by atoms with Gasteiger partial charge in [-0.1, -0.05) is 12.1 Å². The van der Waals surface area contributed by atoms with E-state index in [2.05, 4.69) is 55.4 Å². The second-order valence-electron chi connectivity index (χ2n) is 6.96. The monoisotopic (exact) mass is 372 g/mol. The zero-order valence-corrected chi connectivity index (χ0v) is 15.8. The van der Waals surface area contributed by atoms with Crippen LogP contribution in [0.25, 0.3) is 0 Å². The number of piperazine rings is 1. The molecule has 3 aromatic rings. The van der Waals surface area contributed by atoms with Crippen LogP contribution in [0.2, 0.25) is 0 Å². The van der Waals surface area contributed by atoms with Gasteiger partial charge in [-0.2, -0.15) is 5.26 Å². The highest BCUT2D eigenvalue weighted by molar-refractivity contribution is 5.55. The molecular formula is C22H24N6. The van der Waals surface area contributed by atoms with Crippen LogP contribution in [0.1, 0.15) is 16.8 Å². The zero-order valence-electron chi connectivity index (χ0n) is 15.8. The van der Waals surface area contributed by atoms with Gasteiger partial charge in [0.1, 0.15) is 0 Å². The van der Waals surface area contributed by atoms with E-state index in [1.807, 2.05) is 36.8 Å². The molecule has 0 atom stereocenters. The number of anilines is 2. The largest absolute Gasteiger partial charge is 0.379 e. The van der Waals surface area contributed by atoms with E-state index in [4.69, 9.17) is 5.26 Å². The van der Waals surface area contributed by atoms with Crippen LogP contribution in [0.4, 0.5) is 11.4 Å². The first-order valence-corrected chi connectivity index (χ1v) is 9.59. The number of nitrogens with zero attached hydrogens (tertiary/aromatic N) is 4. The molecule has 0 aliphatic carbocycles. The van der Waals surface area contributed by atoms with Gasteiger partial charge in [0.25, 0.3) is 0 Å². The lowest BCUT2D eigenvalue weighted by Gasteiger charge is -2.29. The predicted octanol–water partition coefficient (Wildman–Crippen LogP) is 2.82. The molecule has 6 nitrogen and oxygen atoms in total. The van der Waals surface area contributed by atoms with Crippen LogP contribution in [0.3, 0.4) is 0 Å². The van der Waals surface area contributed by atoms with Crippen molar-refractivity contribution in [1.82, 2.24) is 14.9 Å². The third-order valence-electron chi connectivity index (χ3n) is 5.06. The van der Waals surface area contributed by atoms with E-state index in [1.165, 1.54) is 5.69 Å². The molecule has 28 heavy (non-hydrogen) atoms. The van der Waals surface area contributed by atoms with Gasteiger partial charge >= 0.3 is 0 Å². The maximum atomic E-state index is 8.92. The van der Waals surface area contributed by atoms with Gasteiger partial charge in [0.15, 0.2) is 0 Å². The molecule has 2 aromatic carbocycles. The Morgan fingerprint density at radius 1 is 1.04 bits per heavy atom. The molecule has 142 valence electrons. The highest BCUT2D eigenvalue weighted by Crippen LogP contribution is 2.19. The molecule has 4 rings (SSSR count). The van der Waals surface area contributed by atoms with Crippen molar-refractivity contribution < 1.29 is 0 Å². The SMILES string of the molecule is N#Cc1ccc(Cn2cncc2CNc2ccc(N3CCNCC3)cc2)cc1. The first kappa shape index (κ1) is 18.1. The summed E-state index contributed by atoms with van der Waals surface area (Å²) in [7, 11) is 0. The molecular weight excluding hydrogens is 348 g/mol. The predicted molar refractivity (Wildman–Crippen MR) is 111 cm³/mol. The van der Waals surface area contributed by atoms with Gasteiger partial charge in [-0.15, -0.1) is 0 Å². The molecule has 1 aromatic heterocycles. The number of nitriles is 1. The lowest BCUT2D eigenvalue weighted by molar-refractivity contribution is 0.589. The van der Waals surface area contributed by atoms with Crippen LogP contribution in [0.5, 0.6) is 0 Å². The second kappa shape index (κ2) is 8.59. The van der Waals surface area contributed by atoms with E-state index in [-0.39, 0.29) is 0 Å². The maximum absolute atomic E-state index is 8.92. The van der Waals surface area contributed by atoms with E-state index in [1.54, 1.807) is 0 Å². The number of nitrogens with one attached hydrogen (secondary N) is 2. The van der Waals surface area contributed by atoms with Crippen LogP contribution in [0, 0.1) is 11.3 Å². The summed E-state index contributed by atoms with van der Waals surface area (Å²) in [5.41, 5.74) is 5.33. The van der Waals surface area contributed by atoms with E-state index in [9.17, 15) is 0 Å². The van der Waals surface area contributed by atoms with E-state index < -0.39 is 0 Å². The number of hydrogen-bond donors (Lipinski definition) is 2. The van der Waals surface area contributed by atoms with Gasteiger partial charge in [-0.3, -0.25) is 0 Å². The molecule has 2 heterocycles. The molecule has 1 saturated heterocycles. The average Bonchev–Trinajstić information content (AvgIpc) is 3.21. The van der Waals surface area contributed by atoms with Gasteiger partial charge < -0.3 is 20.1 Å². The quantitative estimate of drug-likeness (QED) is 0.696. The highest BCUT2D eigenvalue weighted by atomic mass is 15.2. The van der Waals surface area contributed by atoms with Crippen LogP contribution in [-0.2, 0) is 13.1 Å². The Morgan fingerprint density at radius 2 is 1.79 bits per heavy atom. The summed E-state index contributed by atoms with van der Waals surface area (Å²) in [6, 6.07) is 18.5. The molecule has 0 spiro atoms. The summed E-state index contributed by atoms with van der Waals surface area (Å²) in [4.78, 5) is 6.71. The maximum Gasteiger partial charge on any atom is 0.0991 e. The standard InChI is InChI=1S/C22H24N6/c23-13-18-1-3-19(4-2-18)16-28-17-25-14-22(28)15-26-20-5-7-21(8-6-20)27-11-9-24-10-12-27/h1-8,14,17,24,26H,9-12,15-16H2. The van der Waals surface area contributed by atoms with Gasteiger partial charge in [0.05, 0.1) is 30.2 Å². The molecule has 2 N–H and O–H groups in total. The fourth-order valence-electron chi connectivity index (χ4n) is 3.42. The summed E-state index contributed by atoms with van der Waals surface area (Å²) in [6.45, 7) is 5.66. The minimum Gasteiger partial charge on any atom is -0.379 e. The van der Waals surface area contributed by atoms with Crippen molar-refractivity contribution in [3.05, 3.63) is 77.9 Å². The Labute approximate surface area is 165 Å². The average molecular weight is 372 g/mol. The Morgan fingerprint density at radius 3 is 2.50 bits per heavy atom. The second-order valence-corrected chi connectivity index (χ2v) is 6.96. The van der Waals surface area contributed by atoms with Gasteiger partial charge in [-0.05, 0) is 42.0 Å². The smallest absolute Gasteiger partial charge is 0.0991 e. The van der Waals surface area contributed by atoms with Gasteiger partial charge in [-0.25, -0.2) is 4.98 Å². The molecule has 0 saturated carbocycles. The Hall–Kier alpha value is -3.30. The molecule has 0 unspecified atom stereocenters. The van der Waals surface area contributed by atoms with E-state index in [0.717, 1.165) is 49.7 Å². The zero-order chi connectivity index (χ0) is 19.2. The fourth-order valence-corrected chi connectivity index (χ4v) is 3.42. The van der Waals surface area contributed by atoms with Crippen molar-refractivity contribution in [2.24, 2.45) is 0 Å². The van der Waals surface area contributed by atoms with Crippen LogP contribution in [0.15, 0.2) is 61.1 Å². The summed E-state index contributed by atoms with van der Waals surface area (Å²) in [6.07, 6.45) is 3.74. The van der Waals surface area contributed by atoms with Gasteiger partial charge in [0, 0.05) is 50.3 Å². The molecule has 0 bridgehead atoms. The molecule has 0 amide bonds. The first-order valence-electron chi connectivity index (χ1n) is 9.59. The lowest BCUT2D eigenvalue weighted by Crippen LogP contribution is -2.43. The minimum absolute atomic E-state index is 0.681. The van der Waals surface area contributed by atoms with Gasteiger partial charge in [0.2, 0.25) is 0 Å². The lowest BCUT2D eigenvalue weighted by atomic mass is 10.1. The van der Waals surface area contributed by atoms with Crippen LogP contribution >= 0.6 is 0 Å². The van der Waals surface area contributed by atoms with Crippen molar-refractivity contribution in [2.75, 3.05) is 36.4 Å². The van der Waals surface area contributed by atoms with Crippen LogP contribution < -0.4 is 15.5 Å². The molecule has 1 fully saturated rings. The summed E-state index contributed by atoms with van der Waals surface area (Å²) < 4.78 is 2.13. The van der Waals surface area contributed by atoms with Crippen molar-refractivity contribution in [1.29, 1.82) is 5.26 Å². The Balaban J connectivity index is 1.36. The molecule has 0 radical (unpaired) electrons. The third kappa shape index (κ3) is 4.33. The Bertz CT molecular complexity index is 930. The summed E-state index contributed by atoms with van der Waals surface area (Å²) >= 11 is 0. The normalized spacial score (nSPS) is 13.9. The minimum atomic E-state index is 0.681. The first-order chi connectivity index (χ1) is 13.8. The summed E-state index contributed by atoms with van der Waals surface area (Å²) in [5.74, 6) is 0. The van der Waals surface area contributed by atoms with E-state index in [0.29, 0.717) is 12.1 Å². The molecule has 6 heteroatoms. The summed E-state index contributed by atoms with van der Waals surface area (Å²) in [5, 5.41) is 15.8. The number of aromatic nitrogens is 2. The Kier molecular flexibility index (Phi) is 5.55. The van der Waals surface area contributed by atoms with Crippen molar-refractivity contribution in [3.8, 4) is 6.07 Å². The number of rotatable bonds is 6. The van der Waals surface area contributed by atoms with Crippen LogP contribution in [-0.4, -0.2) is 35.7 Å². The molecule has 1 aliphatic rings. The van der Waals surface area contributed by atoms with Crippen molar-refractivity contribution in [2.45, 2.75) is 13.1 Å². The number of hydrogen-bond acceptors (Lipinski definition) is 5. The fraction of sp³-hybridized carbons (Fsp3) is 0.273. The van der Waals surface area contributed by atoms with Crippen molar-refractivity contribution >= 4 is 11.4 Å². The van der Waals surface area contributed by atoms with E-state index >= 15 is 0 Å². The topological polar surface area (TPSA) is 68.9 Å². The number of benzene rings is 2. The number of imidazole rings is 1. The van der Waals surface area contributed by atoms with Crippen molar-refractivity contribution in [3.63, 3.8) is 0 Å². The highest BCUT2D eigenvalue weighted by Gasteiger charge is 2.10. The molecule has 1 aliphatic heterocycles. The third-order valence-corrected chi connectivity index (χ3v) is 5.06.